The molecule has 0 aromatic heterocycles. The molecule has 0 unspecified atom stereocenters. The minimum absolute atomic E-state index is 0.429. The molecule has 0 bridgehead atoms. The SMILES string of the molecule is C=CCNC(=S)NN=Cc1cccc(OC)c1OC. The minimum Gasteiger partial charge on any atom is -0.493 e. The molecular weight excluding hydrogens is 262 g/mol. The summed E-state index contributed by atoms with van der Waals surface area (Å²) in [5, 5.41) is 7.36. The van der Waals surface area contributed by atoms with Gasteiger partial charge in [-0.2, -0.15) is 5.10 Å². The quantitative estimate of drug-likeness (QED) is 0.359. The van der Waals surface area contributed by atoms with Gasteiger partial charge in [0, 0.05) is 12.1 Å². The number of rotatable bonds is 6. The normalized spacial score (nSPS) is 10.0. The van der Waals surface area contributed by atoms with Gasteiger partial charge in [-0.25, -0.2) is 0 Å². The zero-order valence-corrected chi connectivity index (χ0v) is 11.8. The Labute approximate surface area is 118 Å². The third-order valence-electron chi connectivity index (χ3n) is 2.21. The van der Waals surface area contributed by atoms with Crippen molar-refractivity contribution in [2.75, 3.05) is 20.8 Å². The van der Waals surface area contributed by atoms with Crippen LogP contribution in [0, 0.1) is 0 Å². The Bertz CT molecular complexity index is 475. The molecule has 1 aromatic carbocycles. The molecule has 1 aromatic rings. The lowest BCUT2D eigenvalue weighted by atomic mass is 10.2. The van der Waals surface area contributed by atoms with Gasteiger partial charge in [-0.3, -0.25) is 5.43 Å². The van der Waals surface area contributed by atoms with Crippen LogP contribution in [-0.4, -0.2) is 32.1 Å². The van der Waals surface area contributed by atoms with E-state index in [9.17, 15) is 0 Å². The second-order valence-electron chi connectivity index (χ2n) is 3.45. The summed E-state index contributed by atoms with van der Waals surface area (Å²) < 4.78 is 10.5. The van der Waals surface area contributed by atoms with Gasteiger partial charge >= 0.3 is 0 Å². The lowest BCUT2D eigenvalue weighted by Gasteiger charge is -2.09. The topological polar surface area (TPSA) is 54.9 Å². The number of methoxy groups -OCH3 is 2. The molecule has 19 heavy (non-hydrogen) atoms. The Kier molecular flexibility index (Phi) is 6.38. The fourth-order valence-electron chi connectivity index (χ4n) is 1.38. The zero-order valence-electron chi connectivity index (χ0n) is 11.0. The van der Waals surface area contributed by atoms with Gasteiger partial charge in [0.2, 0.25) is 0 Å². The molecule has 6 heteroatoms. The molecule has 2 N–H and O–H groups in total. The van der Waals surface area contributed by atoms with Crippen LogP contribution in [0.4, 0.5) is 0 Å². The number of nitrogens with one attached hydrogen (secondary N) is 2. The summed E-state index contributed by atoms with van der Waals surface area (Å²) in [5.74, 6) is 1.28. The Morgan fingerprint density at radius 1 is 1.42 bits per heavy atom. The van der Waals surface area contributed by atoms with Gasteiger partial charge in [0.15, 0.2) is 16.6 Å². The molecule has 0 heterocycles. The second kappa shape index (κ2) is 8.10. The number of hydrogen-bond donors (Lipinski definition) is 2. The molecule has 0 radical (unpaired) electrons. The van der Waals surface area contributed by atoms with E-state index in [1.807, 2.05) is 18.2 Å². The Morgan fingerprint density at radius 3 is 2.84 bits per heavy atom. The zero-order chi connectivity index (χ0) is 14.1. The third-order valence-corrected chi connectivity index (χ3v) is 2.45. The van der Waals surface area contributed by atoms with E-state index >= 15 is 0 Å². The number of hydrogen-bond acceptors (Lipinski definition) is 4. The van der Waals surface area contributed by atoms with E-state index in [4.69, 9.17) is 21.7 Å². The Morgan fingerprint density at radius 2 is 2.21 bits per heavy atom. The van der Waals surface area contributed by atoms with Crippen molar-refractivity contribution in [1.29, 1.82) is 0 Å². The van der Waals surface area contributed by atoms with Crippen LogP contribution in [0.25, 0.3) is 0 Å². The number of ether oxygens (including phenoxy) is 2. The smallest absolute Gasteiger partial charge is 0.187 e. The number of nitrogens with zero attached hydrogens (tertiary/aromatic N) is 1. The highest BCUT2D eigenvalue weighted by Crippen LogP contribution is 2.29. The number of hydrazone groups is 1. The van der Waals surface area contributed by atoms with Crippen LogP contribution in [0.5, 0.6) is 11.5 Å². The second-order valence-corrected chi connectivity index (χ2v) is 3.86. The molecule has 102 valence electrons. The first-order valence-corrected chi connectivity index (χ1v) is 6.02. The molecule has 0 fully saturated rings. The summed E-state index contributed by atoms with van der Waals surface area (Å²) in [4.78, 5) is 0. The summed E-state index contributed by atoms with van der Waals surface area (Å²) in [5.41, 5.74) is 3.49. The fourth-order valence-corrected chi connectivity index (χ4v) is 1.51. The van der Waals surface area contributed by atoms with Gasteiger partial charge in [-0.1, -0.05) is 12.1 Å². The first kappa shape index (κ1) is 15.0. The van der Waals surface area contributed by atoms with Gasteiger partial charge in [-0.05, 0) is 24.4 Å². The van der Waals surface area contributed by atoms with Crippen molar-refractivity contribution >= 4 is 23.5 Å². The Balaban J connectivity index is 2.71. The van der Waals surface area contributed by atoms with Crippen molar-refractivity contribution in [3.8, 4) is 11.5 Å². The van der Waals surface area contributed by atoms with E-state index in [1.54, 1.807) is 26.5 Å². The molecule has 5 nitrogen and oxygen atoms in total. The summed E-state index contributed by atoms with van der Waals surface area (Å²) in [6.45, 7) is 4.17. The first-order chi connectivity index (χ1) is 9.22. The van der Waals surface area contributed by atoms with Crippen LogP contribution in [0.15, 0.2) is 36.0 Å². The van der Waals surface area contributed by atoms with Crippen LogP contribution in [0.3, 0.4) is 0 Å². The highest BCUT2D eigenvalue weighted by atomic mass is 32.1. The largest absolute Gasteiger partial charge is 0.493 e. The van der Waals surface area contributed by atoms with Crippen LogP contribution < -0.4 is 20.2 Å². The first-order valence-electron chi connectivity index (χ1n) is 5.61. The van der Waals surface area contributed by atoms with Crippen molar-refractivity contribution < 1.29 is 9.47 Å². The van der Waals surface area contributed by atoms with Gasteiger partial charge in [0.1, 0.15) is 0 Å². The molecule has 0 aliphatic rings. The van der Waals surface area contributed by atoms with Crippen LogP contribution in [0.1, 0.15) is 5.56 Å². The van der Waals surface area contributed by atoms with Crippen molar-refractivity contribution in [2.24, 2.45) is 5.10 Å². The summed E-state index contributed by atoms with van der Waals surface area (Å²) >= 11 is 5.01. The van der Waals surface area contributed by atoms with E-state index in [-0.39, 0.29) is 0 Å². The van der Waals surface area contributed by atoms with Gasteiger partial charge in [0.05, 0.1) is 20.4 Å². The number of benzene rings is 1. The molecule has 0 saturated carbocycles. The average molecular weight is 279 g/mol. The third kappa shape index (κ3) is 4.59. The molecule has 0 aliphatic carbocycles. The number of thiocarbonyl (C=S) groups is 1. The minimum atomic E-state index is 0.429. The van der Waals surface area contributed by atoms with E-state index < -0.39 is 0 Å². The maximum absolute atomic E-state index is 5.28. The lowest BCUT2D eigenvalue weighted by Crippen LogP contribution is -2.31. The van der Waals surface area contributed by atoms with Gasteiger partial charge < -0.3 is 14.8 Å². The predicted molar refractivity (Wildman–Crippen MR) is 81.1 cm³/mol. The molecule has 0 aliphatic heterocycles. The Hall–Kier alpha value is -2.08. The van der Waals surface area contributed by atoms with Crippen molar-refractivity contribution in [1.82, 2.24) is 10.7 Å². The predicted octanol–water partition coefficient (Wildman–Crippen LogP) is 1.69. The lowest BCUT2D eigenvalue weighted by molar-refractivity contribution is 0.354. The van der Waals surface area contributed by atoms with E-state index in [0.29, 0.717) is 23.2 Å². The molecule has 0 atom stereocenters. The highest BCUT2D eigenvalue weighted by Gasteiger charge is 2.06. The van der Waals surface area contributed by atoms with Gasteiger partial charge in [0.25, 0.3) is 0 Å². The highest BCUT2D eigenvalue weighted by molar-refractivity contribution is 7.80. The number of para-hydroxylation sites is 1. The van der Waals surface area contributed by atoms with Crippen molar-refractivity contribution in [2.45, 2.75) is 0 Å². The van der Waals surface area contributed by atoms with E-state index in [1.165, 1.54) is 0 Å². The standard InChI is InChI=1S/C13H17N3O2S/c1-4-8-14-13(19)16-15-9-10-6-5-7-11(17-2)12(10)18-3/h4-7,9H,1,8H2,2-3H3,(H2,14,16,19). The van der Waals surface area contributed by atoms with Gasteiger partial charge in [-0.15, -0.1) is 6.58 Å². The molecule has 0 saturated heterocycles. The van der Waals surface area contributed by atoms with Crippen LogP contribution >= 0.6 is 12.2 Å². The van der Waals surface area contributed by atoms with Crippen molar-refractivity contribution in [3.63, 3.8) is 0 Å². The molecule has 0 spiro atoms. The van der Waals surface area contributed by atoms with E-state index in [0.717, 1.165) is 5.56 Å². The maximum Gasteiger partial charge on any atom is 0.187 e. The molecule has 0 amide bonds. The maximum atomic E-state index is 5.28. The summed E-state index contributed by atoms with van der Waals surface area (Å²) in [7, 11) is 3.17. The van der Waals surface area contributed by atoms with Crippen LogP contribution in [0.2, 0.25) is 0 Å². The summed E-state index contributed by atoms with van der Waals surface area (Å²) in [6, 6.07) is 5.55. The average Bonchev–Trinajstić information content (AvgIpc) is 2.44. The van der Waals surface area contributed by atoms with Crippen molar-refractivity contribution in [3.05, 3.63) is 36.4 Å². The van der Waals surface area contributed by atoms with Crippen LogP contribution in [-0.2, 0) is 0 Å². The summed E-state index contributed by atoms with van der Waals surface area (Å²) in [6.07, 6.45) is 3.33. The van der Waals surface area contributed by atoms with E-state index in [2.05, 4.69) is 22.4 Å². The monoisotopic (exact) mass is 279 g/mol. The molecular formula is C13H17N3O2S. The fraction of sp³-hybridized carbons (Fsp3) is 0.231. The molecule has 1 rings (SSSR count).